The minimum atomic E-state index is -3.58. The summed E-state index contributed by atoms with van der Waals surface area (Å²) in [4.78, 5) is 0.806. The maximum Gasteiger partial charge on any atom is 0.215 e. The summed E-state index contributed by atoms with van der Waals surface area (Å²) >= 11 is 7.47. The molecular weight excluding hydrogens is 354 g/mol. The van der Waals surface area contributed by atoms with E-state index in [1.165, 1.54) is 11.3 Å². The maximum absolute atomic E-state index is 12.3. The summed E-state index contributed by atoms with van der Waals surface area (Å²) in [5, 5.41) is 13.3. The number of hydrogen-bond acceptors (Lipinski definition) is 4. The molecule has 1 aliphatic rings. The first-order valence-electron chi connectivity index (χ1n) is 7.38. The van der Waals surface area contributed by atoms with E-state index in [4.69, 9.17) is 11.6 Å². The van der Waals surface area contributed by atoms with Gasteiger partial charge in [-0.05, 0) is 41.8 Å². The summed E-state index contributed by atoms with van der Waals surface area (Å²) in [5.74, 6) is -0.0816. The van der Waals surface area contributed by atoms with Gasteiger partial charge in [0, 0.05) is 16.4 Å². The maximum atomic E-state index is 12.3. The summed E-state index contributed by atoms with van der Waals surface area (Å²) < 4.78 is 27.2. The number of benzene rings is 1. The second-order valence-electron chi connectivity index (χ2n) is 5.85. The van der Waals surface area contributed by atoms with Crippen LogP contribution in [0.3, 0.4) is 0 Å². The number of thiophene rings is 1. The van der Waals surface area contributed by atoms with Crippen LogP contribution < -0.4 is 4.72 Å². The lowest BCUT2D eigenvalue weighted by Crippen LogP contribution is -2.42. The van der Waals surface area contributed by atoms with Gasteiger partial charge in [-0.25, -0.2) is 13.1 Å². The molecule has 23 heavy (non-hydrogen) atoms. The summed E-state index contributed by atoms with van der Waals surface area (Å²) in [5.41, 5.74) is -0.574. The molecule has 1 aliphatic carbocycles. The second-order valence-corrected chi connectivity index (χ2v) is 9.01. The van der Waals surface area contributed by atoms with Crippen molar-refractivity contribution in [1.29, 1.82) is 0 Å². The summed E-state index contributed by atoms with van der Waals surface area (Å²) in [6, 6.07) is 10.6. The molecule has 7 heteroatoms. The average Bonchev–Trinajstić information content (AvgIpc) is 3.22. The Hall–Kier alpha value is -0.920. The monoisotopic (exact) mass is 371 g/mol. The van der Waals surface area contributed by atoms with Crippen molar-refractivity contribution >= 4 is 33.0 Å². The van der Waals surface area contributed by atoms with E-state index in [2.05, 4.69) is 4.72 Å². The van der Waals surface area contributed by atoms with Crippen LogP contribution in [0.4, 0.5) is 0 Å². The molecule has 0 aliphatic heterocycles. The fourth-order valence-electron chi connectivity index (χ4n) is 2.61. The zero-order chi connectivity index (χ0) is 16.5. The highest BCUT2D eigenvalue weighted by Crippen LogP contribution is 2.46. The van der Waals surface area contributed by atoms with Crippen LogP contribution in [0.25, 0.3) is 0 Å². The summed E-state index contributed by atoms with van der Waals surface area (Å²) in [6.45, 7) is -0.00896. The van der Waals surface area contributed by atoms with E-state index in [-0.39, 0.29) is 18.2 Å². The second kappa shape index (κ2) is 6.53. The van der Waals surface area contributed by atoms with Crippen molar-refractivity contribution in [1.82, 2.24) is 4.72 Å². The molecule has 1 atom stereocenters. The highest BCUT2D eigenvalue weighted by atomic mass is 35.5. The number of rotatable bonds is 7. The highest BCUT2D eigenvalue weighted by Gasteiger charge is 2.46. The van der Waals surface area contributed by atoms with Crippen molar-refractivity contribution in [2.45, 2.75) is 24.2 Å². The Morgan fingerprint density at radius 1 is 1.26 bits per heavy atom. The minimum absolute atomic E-state index is 0.00896. The Kier molecular flexibility index (Phi) is 4.80. The molecule has 2 aromatic rings. The Morgan fingerprint density at radius 2 is 2.00 bits per heavy atom. The molecule has 1 fully saturated rings. The fourth-order valence-corrected chi connectivity index (χ4v) is 5.00. The number of sulfonamides is 1. The van der Waals surface area contributed by atoms with Crippen LogP contribution in [-0.2, 0) is 21.4 Å². The predicted molar refractivity (Wildman–Crippen MR) is 93.0 cm³/mol. The van der Waals surface area contributed by atoms with Gasteiger partial charge in [0.15, 0.2) is 0 Å². The van der Waals surface area contributed by atoms with Gasteiger partial charge in [0.1, 0.15) is 5.60 Å². The van der Waals surface area contributed by atoms with E-state index in [0.717, 1.165) is 17.7 Å². The van der Waals surface area contributed by atoms with E-state index in [1.54, 1.807) is 24.3 Å². The van der Waals surface area contributed by atoms with Crippen LogP contribution in [0, 0.1) is 5.92 Å². The molecule has 1 unspecified atom stereocenters. The Balaban J connectivity index is 1.72. The molecular formula is C16H18ClNO3S2. The first-order valence-corrected chi connectivity index (χ1v) is 10.3. The lowest BCUT2D eigenvalue weighted by Gasteiger charge is -2.27. The molecule has 0 radical (unpaired) electrons. The molecule has 2 N–H and O–H groups in total. The van der Waals surface area contributed by atoms with Gasteiger partial charge in [-0.3, -0.25) is 0 Å². The van der Waals surface area contributed by atoms with Gasteiger partial charge in [0.2, 0.25) is 10.0 Å². The van der Waals surface area contributed by atoms with Crippen LogP contribution in [0.1, 0.15) is 23.3 Å². The number of aliphatic hydroxyl groups is 1. The largest absolute Gasteiger partial charge is 0.383 e. The van der Waals surface area contributed by atoms with Gasteiger partial charge in [-0.15, -0.1) is 11.3 Å². The van der Waals surface area contributed by atoms with Crippen LogP contribution in [0.15, 0.2) is 41.8 Å². The standard InChI is InChI=1S/C16H18ClNO3S2/c17-14-5-2-1-4-12(14)10-23(20,21)18-11-16(19,13-7-8-13)15-6-3-9-22-15/h1-6,9,13,18-19H,7-8,10-11H2. The normalized spacial score (nSPS) is 17.8. The quantitative estimate of drug-likeness (QED) is 0.785. The first-order chi connectivity index (χ1) is 10.9. The molecule has 124 valence electrons. The molecule has 1 saturated carbocycles. The summed E-state index contributed by atoms with van der Waals surface area (Å²) in [7, 11) is -3.58. The molecule has 4 nitrogen and oxygen atoms in total. The molecule has 0 saturated heterocycles. The van der Waals surface area contributed by atoms with E-state index in [0.29, 0.717) is 10.6 Å². The Bertz CT molecular complexity index is 772. The van der Waals surface area contributed by atoms with Crippen LogP contribution in [-0.4, -0.2) is 20.1 Å². The predicted octanol–water partition coefficient (Wildman–Crippen LogP) is 3.12. The fraction of sp³-hybridized carbons (Fsp3) is 0.375. The molecule has 0 amide bonds. The van der Waals surface area contributed by atoms with E-state index in [9.17, 15) is 13.5 Å². The third kappa shape index (κ3) is 3.95. The highest BCUT2D eigenvalue weighted by molar-refractivity contribution is 7.88. The first kappa shape index (κ1) is 16.9. The third-order valence-electron chi connectivity index (χ3n) is 4.07. The van der Waals surface area contributed by atoms with E-state index < -0.39 is 15.6 Å². The van der Waals surface area contributed by atoms with Crippen LogP contribution >= 0.6 is 22.9 Å². The van der Waals surface area contributed by atoms with Gasteiger partial charge >= 0.3 is 0 Å². The van der Waals surface area contributed by atoms with Gasteiger partial charge in [0.05, 0.1) is 5.75 Å². The minimum Gasteiger partial charge on any atom is -0.383 e. The molecule has 1 aromatic carbocycles. The Labute approximate surface area is 145 Å². The molecule has 0 spiro atoms. The van der Waals surface area contributed by atoms with Crippen molar-refractivity contribution in [3.63, 3.8) is 0 Å². The average molecular weight is 372 g/mol. The van der Waals surface area contributed by atoms with Crippen molar-refractivity contribution in [2.75, 3.05) is 6.54 Å². The smallest absolute Gasteiger partial charge is 0.215 e. The topological polar surface area (TPSA) is 66.4 Å². The third-order valence-corrected chi connectivity index (χ3v) is 6.75. The molecule has 1 aromatic heterocycles. The van der Waals surface area contributed by atoms with E-state index >= 15 is 0 Å². The lowest BCUT2D eigenvalue weighted by atomic mass is 9.96. The van der Waals surface area contributed by atoms with Crippen LogP contribution in [0.5, 0.6) is 0 Å². The van der Waals surface area contributed by atoms with Gasteiger partial charge in [-0.1, -0.05) is 35.9 Å². The molecule has 1 heterocycles. The molecule has 0 bridgehead atoms. The zero-order valence-corrected chi connectivity index (χ0v) is 14.8. The van der Waals surface area contributed by atoms with Gasteiger partial charge in [-0.2, -0.15) is 0 Å². The lowest BCUT2D eigenvalue weighted by molar-refractivity contribution is 0.0222. The molecule has 3 rings (SSSR count). The van der Waals surface area contributed by atoms with Crippen molar-refractivity contribution in [2.24, 2.45) is 5.92 Å². The summed E-state index contributed by atoms with van der Waals surface area (Å²) in [6.07, 6.45) is 1.83. The van der Waals surface area contributed by atoms with Crippen LogP contribution in [0.2, 0.25) is 5.02 Å². The number of halogens is 1. The SMILES string of the molecule is O=S(=O)(Cc1ccccc1Cl)NCC(O)(c1cccs1)C1CC1. The van der Waals surface area contributed by atoms with Crippen molar-refractivity contribution in [3.05, 3.63) is 57.2 Å². The van der Waals surface area contributed by atoms with Gasteiger partial charge < -0.3 is 5.11 Å². The van der Waals surface area contributed by atoms with Gasteiger partial charge in [0.25, 0.3) is 0 Å². The van der Waals surface area contributed by atoms with Crippen molar-refractivity contribution in [3.8, 4) is 0 Å². The van der Waals surface area contributed by atoms with E-state index in [1.807, 2.05) is 17.5 Å². The number of nitrogens with one attached hydrogen (secondary N) is 1. The van der Waals surface area contributed by atoms with Crippen molar-refractivity contribution < 1.29 is 13.5 Å². The zero-order valence-electron chi connectivity index (χ0n) is 12.4. The Morgan fingerprint density at radius 3 is 2.61 bits per heavy atom. The number of hydrogen-bond donors (Lipinski definition) is 2.